The minimum atomic E-state index is -0.518. The molecule has 0 spiro atoms. The Balaban J connectivity index is -0.000000511. The summed E-state index contributed by atoms with van der Waals surface area (Å²) in [6.07, 6.45) is 2.51. The van der Waals surface area contributed by atoms with Crippen LogP contribution in [0.2, 0.25) is 0 Å². The topological polar surface area (TPSA) is 167 Å². The molecule has 2 amide bonds. The van der Waals surface area contributed by atoms with Crippen molar-refractivity contribution in [3.63, 3.8) is 0 Å². The van der Waals surface area contributed by atoms with E-state index in [0.29, 0.717) is 38.5 Å². The molecule has 12 heteroatoms. The van der Waals surface area contributed by atoms with E-state index in [0.717, 1.165) is 39.3 Å². The van der Waals surface area contributed by atoms with E-state index in [1.54, 1.807) is 12.1 Å². The van der Waals surface area contributed by atoms with Crippen molar-refractivity contribution in [3.8, 4) is 0 Å². The molecule has 1 aliphatic rings. The number of rotatable bonds is 16. The molecular weight excluding hydrogens is 536 g/mol. The third-order valence-electron chi connectivity index (χ3n) is 4.68. The van der Waals surface area contributed by atoms with Crippen molar-refractivity contribution in [3.05, 3.63) is 30.3 Å². The van der Waals surface area contributed by atoms with Crippen molar-refractivity contribution < 1.29 is 49.0 Å². The molecule has 242 valence electrons. The van der Waals surface area contributed by atoms with Gasteiger partial charge in [-0.2, -0.15) is 0 Å². The molecule has 1 atom stereocenters. The maximum Gasteiger partial charge on any atom is 0.258 e. The smallest absolute Gasteiger partial charge is 0.258 e. The summed E-state index contributed by atoms with van der Waals surface area (Å²) in [5, 5.41) is 33.1. The number of carbonyl (C=O) groups is 2. The number of amides is 2. The number of hydrogen-bond donors (Lipinski definition) is 5. The van der Waals surface area contributed by atoms with Crippen LogP contribution in [0.3, 0.4) is 0 Å². The van der Waals surface area contributed by atoms with Crippen LogP contribution in [0.1, 0.15) is 53.9 Å². The first kappa shape index (κ1) is 43.3. The maximum absolute atomic E-state index is 12.1. The van der Waals surface area contributed by atoms with Crippen molar-refractivity contribution in [2.75, 3.05) is 84.3 Å². The molecule has 41 heavy (non-hydrogen) atoms. The highest BCUT2D eigenvalue weighted by Gasteiger charge is 2.39. The highest BCUT2D eigenvalue weighted by atomic mass is 16.5. The van der Waals surface area contributed by atoms with Gasteiger partial charge in [0, 0.05) is 26.4 Å². The van der Waals surface area contributed by atoms with Crippen molar-refractivity contribution in [1.29, 1.82) is 0 Å². The number of hydrogen-bond acceptors (Lipinski definition) is 10. The van der Waals surface area contributed by atoms with Crippen LogP contribution >= 0.6 is 0 Å². The summed E-state index contributed by atoms with van der Waals surface area (Å²) in [6.45, 7) is 14.9. The lowest BCUT2D eigenvalue weighted by molar-refractivity contribution is -0.127. The van der Waals surface area contributed by atoms with Crippen molar-refractivity contribution in [1.82, 2.24) is 5.43 Å². The number of carbonyl (C=O) groups excluding carboxylic acids is 2. The van der Waals surface area contributed by atoms with E-state index in [4.69, 9.17) is 39.4 Å². The Morgan fingerprint density at radius 1 is 0.683 bits per heavy atom. The number of ether oxygens (including phenoxy) is 4. The lowest BCUT2D eigenvalue weighted by atomic mass is 10.0. The van der Waals surface area contributed by atoms with Gasteiger partial charge in [0.25, 0.3) is 11.8 Å². The van der Waals surface area contributed by atoms with Gasteiger partial charge in [-0.3, -0.25) is 15.0 Å². The Bertz CT molecular complexity index is 648. The Hall–Kier alpha value is -2.16. The Morgan fingerprint density at radius 2 is 1.15 bits per heavy atom. The Labute approximate surface area is 246 Å². The lowest BCUT2D eigenvalue weighted by Gasteiger charge is -2.14. The first-order valence-electron chi connectivity index (χ1n) is 14.3. The number of benzene rings is 1. The second kappa shape index (κ2) is 35.9. The third kappa shape index (κ3) is 27.8. The van der Waals surface area contributed by atoms with Crippen LogP contribution in [0.15, 0.2) is 30.3 Å². The second-order valence-corrected chi connectivity index (χ2v) is 7.86. The van der Waals surface area contributed by atoms with Crippen LogP contribution in [-0.2, 0) is 28.5 Å². The normalized spacial score (nSPS) is 13.4. The summed E-state index contributed by atoms with van der Waals surface area (Å²) in [7, 11) is 0. The molecule has 1 saturated heterocycles. The zero-order valence-corrected chi connectivity index (χ0v) is 25.8. The Kier molecular flexibility index (Phi) is 37.9. The summed E-state index contributed by atoms with van der Waals surface area (Å²) >= 11 is 0. The molecule has 12 nitrogen and oxygen atoms in total. The zero-order valence-electron chi connectivity index (χ0n) is 25.8. The number of hydrazine groups is 1. The van der Waals surface area contributed by atoms with E-state index in [9.17, 15) is 9.59 Å². The predicted molar refractivity (Wildman–Crippen MR) is 159 cm³/mol. The summed E-state index contributed by atoms with van der Waals surface area (Å²) in [6, 6.07) is 9.17. The number of nitrogens with zero attached hydrogens (tertiary/aromatic N) is 1. The van der Waals surface area contributed by atoms with Gasteiger partial charge in [0.2, 0.25) is 0 Å². The average Bonchev–Trinajstić information content (AvgIpc) is 3.28. The largest absolute Gasteiger partial charge is 0.394 e. The molecule has 0 aliphatic carbocycles. The third-order valence-corrected chi connectivity index (χ3v) is 4.68. The van der Waals surface area contributed by atoms with E-state index in [2.05, 4.69) is 5.43 Å². The first-order valence-corrected chi connectivity index (χ1v) is 14.3. The minimum absolute atomic E-state index is 0.0417. The standard InChI is InChI=1S/C13H16N2O2.C6H14O4.2C4H10O.C2H6O2/c1-2-3-9-11-12(16)14-15(13(11)17)10-7-5-4-6-8-10;7-1-3-9-5-6-10-4-2-8;2*1-3-5-4-2;3-1-2-4/h4-8,11H,2-3,9H2,1H3,(H,14,16);7-8H,1-6H2;2*3-4H2,1-2H3;3-4H,1-2H2. The average molecular weight is 593 g/mol. The van der Waals surface area contributed by atoms with Crippen LogP contribution in [0.4, 0.5) is 5.69 Å². The fourth-order valence-electron chi connectivity index (χ4n) is 2.80. The van der Waals surface area contributed by atoms with Crippen LogP contribution in [-0.4, -0.2) is 112 Å². The molecule has 0 radical (unpaired) electrons. The van der Waals surface area contributed by atoms with E-state index in [-0.39, 0.29) is 38.2 Å². The quantitative estimate of drug-likeness (QED) is 0.141. The van der Waals surface area contributed by atoms with Gasteiger partial charge in [-0.05, 0) is 46.2 Å². The molecule has 1 aliphatic heterocycles. The van der Waals surface area contributed by atoms with Crippen molar-refractivity contribution >= 4 is 17.5 Å². The molecule has 5 N–H and O–H groups in total. The monoisotopic (exact) mass is 592 g/mol. The van der Waals surface area contributed by atoms with Crippen LogP contribution in [0, 0.1) is 5.92 Å². The lowest BCUT2D eigenvalue weighted by Crippen LogP contribution is -2.35. The fourth-order valence-corrected chi connectivity index (χ4v) is 2.80. The molecule has 0 bridgehead atoms. The van der Waals surface area contributed by atoms with Gasteiger partial charge in [-0.1, -0.05) is 38.0 Å². The number of unbranched alkanes of at least 4 members (excludes halogenated alkanes) is 1. The fraction of sp³-hybridized carbons (Fsp3) is 0.724. The molecule has 2 rings (SSSR count). The van der Waals surface area contributed by atoms with Crippen molar-refractivity contribution in [2.45, 2.75) is 53.9 Å². The number of aliphatic hydroxyl groups is 4. The van der Waals surface area contributed by atoms with Gasteiger partial charge in [-0.25, -0.2) is 5.01 Å². The molecule has 1 fully saturated rings. The number of aliphatic hydroxyl groups excluding tert-OH is 4. The zero-order chi connectivity index (χ0) is 31.6. The number of anilines is 1. The van der Waals surface area contributed by atoms with Gasteiger partial charge >= 0.3 is 0 Å². The molecule has 1 heterocycles. The van der Waals surface area contributed by atoms with Crippen LogP contribution in [0.5, 0.6) is 0 Å². The first-order chi connectivity index (χ1) is 19.9. The van der Waals surface area contributed by atoms with Gasteiger partial charge < -0.3 is 39.4 Å². The number of nitrogens with one attached hydrogen (secondary N) is 1. The van der Waals surface area contributed by atoms with E-state index in [1.807, 2.05) is 52.8 Å². The maximum atomic E-state index is 12.1. The van der Waals surface area contributed by atoms with Crippen molar-refractivity contribution in [2.24, 2.45) is 5.92 Å². The van der Waals surface area contributed by atoms with Crippen LogP contribution in [0.25, 0.3) is 0 Å². The van der Waals surface area contributed by atoms with Gasteiger partial charge in [0.15, 0.2) is 0 Å². The molecule has 1 aromatic carbocycles. The molecule has 1 unspecified atom stereocenters. The molecule has 0 saturated carbocycles. The summed E-state index contributed by atoms with van der Waals surface area (Å²) in [5.41, 5.74) is 3.34. The highest BCUT2D eigenvalue weighted by Crippen LogP contribution is 2.22. The molecule has 1 aromatic rings. The Morgan fingerprint density at radius 3 is 1.49 bits per heavy atom. The summed E-state index contributed by atoms with van der Waals surface area (Å²) < 4.78 is 19.4. The van der Waals surface area contributed by atoms with Gasteiger partial charge in [0.1, 0.15) is 5.92 Å². The predicted octanol–water partition coefficient (Wildman–Crippen LogP) is 1.93. The van der Waals surface area contributed by atoms with Gasteiger partial charge in [-0.15, -0.1) is 0 Å². The highest BCUT2D eigenvalue weighted by molar-refractivity contribution is 6.14. The van der Waals surface area contributed by atoms with Gasteiger partial charge in [0.05, 0.1) is 58.5 Å². The molecule has 0 aromatic heterocycles. The summed E-state index contributed by atoms with van der Waals surface area (Å²) in [4.78, 5) is 23.8. The van der Waals surface area contributed by atoms with E-state index >= 15 is 0 Å². The summed E-state index contributed by atoms with van der Waals surface area (Å²) in [5.74, 6) is -0.850. The van der Waals surface area contributed by atoms with E-state index in [1.165, 1.54) is 5.01 Å². The SMILES string of the molecule is CCCCC1C(=O)NN(c2ccccc2)C1=O.CCOCC.CCOCC.OCCO.OCCOCCOCCO. The number of para-hydroxylation sites is 1. The molecular formula is C29H56N2O10. The van der Waals surface area contributed by atoms with Crippen LogP contribution < -0.4 is 10.4 Å². The van der Waals surface area contributed by atoms with E-state index < -0.39 is 5.92 Å². The minimum Gasteiger partial charge on any atom is -0.394 e. The second-order valence-electron chi connectivity index (χ2n) is 7.86.